The van der Waals surface area contributed by atoms with Crippen LogP contribution >= 0.6 is 0 Å². The second kappa shape index (κ2) is 5.80. The van der Waals surface area contributed by atoms with Gasteiger partial charge in [-0.1, -0.05) is 6.92 Å². The van der Waals surface area contributed by atoms with Crippen molar-refractivity contribution in [1.29, 1.82) is 5.26 Å². The van der Waals surface area contributed by atoms with Crippen LogP contribution in [0.1, 0.15) is 43.0 Å². The van der Waals surface area contributed by atoms with E-state index in [0.717, 1.165) is 50.4 Å². The predicted molar refractivity (Wildman–Crippen MR) is 77.8 cm³/mol. The maximum atomic E-state index is 9.46. The summed E-state index contributed by atoms with van der Waals surface area (Å²) < 4.78 is 5.56. The third kappa shape index (κ3) is 2.38. The molecular formula is C16H21N3O. The number of pyridine rings is 1. The van der Waals surface area contributed by atoms with Gasteiger partial charge >= 0.3 is 0 Å². The van der Waals surface area contributed by atoms with Crippen LogP contribution in [-0.4, -0.2) is 30.8 Å². The molecule has 1 atom stereocenters. The lowest BCUT2D eigenvalue weighted by Crippen LogP contribution is -2.46. The number of anilines is 1. The van der Waals surface area contributed by atoms with Crippen molar-refractivity contribution >= 4 is 5.82 Å². The summed E-state index contributed by atoms with van der Waals surface area (Å²) in [4.78, 5) is 7.13. The summed E-state index contributed by atoms with van der Waals surface area (Å²) in [6.07, 6.45) is 5.57. The Morgan fingerprint density at radius 1 is 1.45 bits per heavy atom. The van der Waals surface area contributed by atoms with Gasteiger partial charge in [-0.05, 0) is 43.7 Å². The highest BCUT2D eigenvalue weighted by Crippen LogP contribution is 2.28. The highest BCUT2D eigenvalue weighted by molar-refractivity contribution is 5.57. The monoisotopic (exact) mass is 271 g/mol. The number of fused-ring (bicyclic) bond motifs is 1. The standard InChI is InChI=1S/C16H21N3O/c1-2-14-11-20-8-7-19(14)16-13(10-17)9-12-5-3-4-6-15(12)18-16/h9,14H,2-8,11H2,1H3. The van der Waals surface area contributed by atoms with Gasteiger partial charge < -0.3 is 9.64 Å². The van der Waals surface area contributed by atoms with Crippen molar-refractivity contribution in [3.63, 3.8) is 0 Å². The number of hydrogen-bond acceptors (Lipinski definition) is 4. The minimum Gasteiger partial charge on any atom is -0.377 e. The van der Waals surface area contributed by atoms with Gasteiger partial charge in [-0.25, -0.2) is 4.98 Å². The molecule has 1 aliphatic carbocycles. The van der Waals surface area contributed by atoms with E-state index in [9.17, 15) is 5.26 Å². The second-order valence-corrected chi connectivity index (χ2v) is 5.61. The molecular weight excluding hydrogens is 250 g/mol. The van der Waals surface area contributed by atoms with Crippen molar-refractivity contribution in [3.05, 3.63) is 22.9 Å². The predicted octanol–water partition coefficient (Wildman–Crippen LogP) is 2.45. The molecule has 1 aliphatic heterocycles. The SMILES string of the molecule is CCC1COCCN1c1nc2c(cc1C#N)CCCC2. The maximum absolute atomic E-state index is 9.46. The zero-order chi connectivity index (χ0) is 13.9. The topological polar surface area (TPSA) is 49.1 Å². The zero-order valence-corrected chi connectivity index (χ0v) is 12.1. The van der Waals surface area contributed by atoms with E-state index in [1.807, 2.05) is 0 Å². The fourth-order valence-electron chi connectivity index (χ4n) is 3.20. The normalized spacial score (nSPS) is 22.2. The number of aryl methyl sites for hydroxylation is 2. The molecule has 4 nitrogen and oxygen atoms in total. The lowest BCUT2D eigenvalue weighted by atomic mass is 9.94. The first-order chi connectivity index (χ1) is 9.83. The number of hydrogen-bond donors (Lipinski definition) is 0. The van der Waals surface area contributed by atoms with Gasteiger partial charge in [0, 0.05) is 12.2 Å². The van der Waals surface area contributed by atoms with Crippen molar-refractivity contribution in [2.45, 2.75) is 45.1 Å². The van der Waals surface area contributed by atoms with Crippen LogP contribution in [0.4, 0.5) is 5.82 Å². The Morgan fingerprint density at radius 3 is 3.10 bits per heavy atom. The highest BCUT2D eigenvalue weighted by Gasteiger charge is 2.26. The molecule has 0 bridgehead atoms. The lowest BCUT2D eigenvalue weighted by molar-refractivity contribution is 0.0925. The molecule has 1 unspecified atom stereocenters. The van der Waals surface area contributed by atoms with Crippen molar-refractivity contribution < 1.29 is 4.74 Å². The number of ether oxygens (including phenoxy) is 1. The average molecular weight is 271 g/mol. The minimum absolute atomic E-state index is 0.338. The van der Waals surface area contributed by atoms with E-state index in [1.165, 1.54) is 24.1 Å². The molecule has 1 aromatic heterocycles. The van der Waals surface area contributed by atoms with Crippen LogP contribution in [0.3, 0.4) is 0 Å². The number of nitrogens with zero attached hydrogens (tertiary/aromatic N) is 3. The van der Waals surface area contributed by atoms with Crippen molar-refractivity contribution in [2.24, 2.45) is 0 Å². The zero-order valence-electron chi connectivity index (χ0n) is 12.1. The molecule has 3 rings (SSSR count). The summed E-state index contributed by atoms with van der Waals surface area (Å²) in [7, 11) is 0. The number of morpholine rings is 1. The van der Waals surface area contributed by atoms with E-state index in [2.05, 4.69) is 24.0 Å². The van der Waals surface area contributed by atoms with Crippen molar-refractivity contribution in [3.8, 4) is 6.07 Å². The van der Waals surface area contributed by atoms with E-state index >= 15 is 0 Å². The molecule has 0 radical (unpaired) electrons. The fraction of sp³-hybridized carbons (Fsp3) is 0.625. The van der Waals surface area contributed by atoms with E-state index in [0.29, 0.717) is 6.04 Å². The first-order valence-corrected chi connectivity index (χ1v) is 7.60. The van der Waals surface area contributed by atoms with Gasteiger partial charge in [0.25, 0.3) is 0 Å². The molecule has 0 amide bonds. The molecule has 0 spiro atoms. The summed E-state index contributed by atoms with van der Waals surface area (Å²) in [5.74, 6) is 0.878. The van der Waals surface area contributed by atoms with Crippen molar-refractivity contribution in [1.82, 2.24) is 4.98 Å². The van der Waals surface area contributed by atoms with Gasteiger partial charge in [-0.2, -0.15) is 5.26 Å². The Balaban J connectivity index is 2.01. The Kier molecular flexibility index (Phi) is 3.88. The molecule has 2 heterocycles. The Morgan fingerprint density at radius 2 is 2.30 bits per heavy atom. The van der Waals surface area contributed by atoms with Crippen LogP contribution in [-0.2, 0) is 17.6 Å². The smallest absolute Gasteiger partial charge is 0.147 e. The number of aromatic nitrogens is 1. The number of rotatable bonds is 2. The first-order valence-electron chi connectivity index (χ1n) is 7.60. The average Bonchev–Trinajstić information content (AvgIpc) is 2.53. The van der Waals surface area contributed by atoms with Crippen LogP contribution in [0.2, 0.25) is 0 Å². The fourth-order valence-corrected chi connectivity index (χ4v) is 3.20. The summed E-state index contributed by atoms with van der Waals surface area (Å²) in [6, 6.07) is 4.75. The third-order valence-corrected chi connectivity index (χ3v) is 4.37. The summed E-state index contributed by atoms with van der Waals surface area (Å²) in [5, 5.41) is 9.46. The minimum atomic E-state index is 0.338. The largest absolute Gasteiger partial charge is 0.377 e. The summed E-state index contributed by atoms with van der Waals surface area (Å²) in [5.41, 5.74) is 3.20. The molecule has 0 N–H and O–H groups in total. The van der Waals surface area contributed by atoms with Crippen LogP contribution < -0.4 is 4.90 Å². The molecule has 1 fully saturated rings. The van der Waals surface area contributed by atoms with Crippen molar-refractivity contribution in [2.75, 3.05) is 24.7 Å². The van der Waals surface area contributed by atoms with Gasteiger partial charge in [0.15, 0.2) is 0 Å². The van der Waals surface area contributed by atoms with E-state index < -0.39 is 0 Å². The summed E-state index contributed by atoms with van der Waals surface area (Å²) in [6.45, 7) is 4.45. The Bertz CT molecular complexity index is 535. The third-order valence-electron chi connectivity index (χ3n) is 4.37. The molecule has 1 saturated heterocycles. The molecule has 1 aromatic rings. The van der Waals surface area contributed by atoms with Crippen LogP contribution in [0.25, 0.3) is 0 Å². The van der Waals surface area contributed by atoms with Crippen LogP contribution in [0.15, 0.2) is 6.07 Å². The maximum Gasteiger partial charge on any atom is 0.147 e. The van der Waals surface area contributed by atoms with Gasteiger partial charge in [-0.3, -0.25) is 0 Å². The first kappa shape index (κ1) is 13.4. The van der Waals surface area contributed by atoms with E-state index in [4.69, 9.17) is 9.72 Å². The Labute approximate surface area is 120 Å². The van der Waals surface area contributed by atoms with E-state index in [1.54, 1.807) is 0 Å². The van der Waals surface area contributed by atoms with Gasteiger partial charge in [0.2, 0.25) is 0 Å². The molecule has 20 heavy (non-hydrogen) atoms. The van der Waals surface area contributed by atoms with Gasteiger partial charge in [-0.15, -0.1) is 0 Å². The molecule has 2 aliphatic rings. The van der Waals surface area contributed by atoms with E-state index in [-0.39, 0.29) is 0 Å². The second-order valence-electron chi connectivity index (χ2n) is 5.61. The Hall–Kier alpha value is -1.60. The molecule has 4 heteroatoms. The van der Waals surface area contributed by atoms with Crippen LogP contribution in [0, 0.1) is 11.3 Å². The number of nitriles is 1. The highest BCUT2D eigenvalue weighted by atomic mass is 16.5. The molecule has 0 saturated carbocycles. The molecule has 106 valence electrons. The summed E-state index contributed by atoms with van der Waals surface area (Å²) >= 11 is 0. The van der Waals surface area contributed by atoms with Gasteiger partial charge in [0.1, 0.15) is 11.9 Å². The molecule has 0 aromatic carbocycles. The lowest BCUT2D eigenvalue weighted by Gasteiger charge is -2.37. The van der Waals surface area contributed by atoms with Gasteiger partial charge in [0.05, 0.1) is 24.8 Å². The quantitative estimate of drug-likeness (QED) is 0.829. The van der Waals surface area contributed by atoms with Crippen LogP contribution in [0.5, 0.6) is 0 Å².